The molecule has 1 rings (SSSR count). The average Bonchev–Trinajstić information content (AvgIpc) is 2.36. The Kier molecular flexibility index (Phi) is 2.16. The van der Waals surface area contributed by atoms with E-state index < -0.39 is 0 Å². The molecular formula is C4H5N3O2S. The lowest BCUT2D eigenvalue weighted by Crippen LogP contribution is -2.15. The number of hydrazone groups is 1. The van der Waals surface area contributed by atoms with Crippen molar-refractivity contribution in [1.82, 2.24) is 5.43 Å². The molecule has 0 amide bonds. The molecule has 0 aliphatic carbocycles. The van der Waals surface area contributed by atoms with Crippen molar-refractivity contribution in [1.29, 1.82) is 0 Å². The third-order valence-electron chi connectivity index (χ3n) is 1.01. The van der Waals surface area contributed by atoms with Gasteiger partial charge in [0.15, 0.2) is 0 Å². The number of nitrogens with zero attached hydrogens (tertiary/aromatic N) is 2. The maximum absolute atomic E-state index is 10.2. The van der Waals surface area contributed by atoms with Crippen molar-refractivity contribution in [3.8, 4) is 0 Å². The van der Waals surface area contributed by atoms with Crippen molar-refractivity contribution in [3.63, 3.8) is 0 Å². The summed E-state index contributed by atoms with van der Waals surface area (Å²) in [7, 11) is 0. The van der Waals surface area contributed by atoms with Crippen molar-refractivity contribution >= 4 is 28.0 Å². The normalized spacial score (nSPS) is 17.2. The summed E-state index contributed by atoms with van der Waals surface area (Å²) in [4.78, 5) is 0.540. The van der Waals surface area contributed by atoms with Crippen LogP contribution in [0, 0.1) is 0 Å². The van der Waals surface area contributed by atoms with Gasteiger partial charge in [-0.1, -0.05) is 5.16 Å². The highest BCUT2D eigenvalue weighted by molar-refractivity contribution is 7.69. The maximum atomic E-state index is 10.2. The van der Waals surface area contributed by atoms with Gasteiger partial charge in [-0.05, 0) is 0 Å². The minimum atomic E-state index is 0.351. The van der Waals surface area contributed by atoms with E-state index in [0.29, 0.717) is 28.4 Å². The van der Waals surface area contributed by atoms with Crippen molar-refractivity contribution in [2.45, 2.75) is 0 Å². The fourth-order valence-corrected chi connectivity index (χ4v) is 0.884. The highest BCUT2D eigenvalue weighted by atomic mass is 32.1. The van der Waals surface area contributed by atoms with Gasteiger partial charge in [-0.25, -0.2) is 4.21 Å². The second-order valence-electron chi connectivity index (χ2n) is 1.58. The number of hydrogen-bond acceptors (Lipinski definition) is 5. The molecular weight excluding hydrogens is 154 g/mol. The molecule has 1 aliphatic rings. The molecule has 6 heteroatoms. The van der Waals surface area contributed by atoms with Crippen LogP contribution >= 0.6 is 0 Å². The molecule has 0 saturated carbocycles. The van der Waals surface area contributed by atoms with Gasteiger partial charge < -0.3 is 10.6 Å². The van der Waals surface area contributed by atoms with Crippen LogP contribution in [0.15, 0.2) is 10.3 Å². The van der Waals surface area contributed by atoms with Crippen molar-refractivity contribution in [2.75, 3.05) is 6.54 Å². The van der Waals surface area contributed by atoms with Crippen LogP contribution < -0.4 is 5.43 Å². The largest absolute Gasteiger partial charge is 0.411 e. The van der Waals surface area contributed by atoms with Gasteiger partial charge in [0.1, 0.15) is 5.71 Å². The smallest absolute Gasteiger partial charge is 0.123 e. The Balaban J connectivity index is 2.85. The molecule has 0 radical (unpaired) electrons. The van der Waals surface area contributed by atoms with Crippen LogP contribution in [0.2, 0.25) is 0 Å². The Morgan fingerprint density at radius 2 is 2.70 bits per heavy atom. The Morgan fingerprint density at radius 1 is 1.90 bits per heavy atom. The van der Waals surface area contributed by atoms with Crippen LogP contribution in [-0.2, 0) is 11.3 Å². The quantitative estimate of drug-likeness (QED) is 0.218. The average molecular weight is 159 g/mol. The molecule has 0 bridgehead atoms. The molecule has 0 atom stereocenters. The Bertz CT molecular complexity index is 241. The zero-order valence-electron chi connectivity index (χ0n) is 4.94. The number of hydrogen-bond donors (Lipinski definition) is 2. The van der Waals surface area contributed by atoms with Gasteiger partial charge in [-0.3, -0.25) is 0 Å². The molecule has 10 heavy (non-hydrogen) atoms. The molecule has 54 valence electrons. The van der Waals surface area contributed by atoms with Crippen LogP contribution in [-0.4, -0.2) is 32.8 Å². The van der Waals surface area contributed by atoms with Gasteiger partial charge in [-0.2, -0.15) is 5.10 Å². The predicted octanol–water partition coefficient (Wildman–Crippen LogP) is -1.21. The van der Waals surface area contributed by atoms with Gasteiger partial charge in [0.2, 0.25) is 0 Å². The Morgan fingerprint density at radius 3 is 3.30 bits per heavy atom. The minimum absolute atomic E-state index is 0.351. The first-order chi connectivity index (χ1) is 4.88. The highest BCUT2D eigenvalue weighted by Gasteiger charge is 2.11. The third kappa shape index (κ3) is 1.21. The minimum Gasteiger partial charge on any atom is -0.411 e. The summed E-state index contributed by atoms with van der Waals surface area (Å²) in [6, 6.07) is 0. The van der Waals surface area contributed by atoms with E-state index in [-0.39, 0.29) is 0 Å². The van der Waals surface area contributed by atoms with E-state index in [2.05, 4.69) is 15.7 Å². The standard InChI is InChI=1S/C4H5N3O2S/c8-6-1-3-4(10-9)2-5-7-3/h1,5,8H,2H2. The van der Waals surface area contributed by atoms with Crippen molar-refractivity contribution < 1.29 is 9.42 Å². The Labute approximate surface area is 60.5 Å². The lowest BCUT2D eigenvalue weighted by atomic mass is 10.3. The zero-order chi connectivity index (χ0) is 7.40. The van der Waals surface area contributed by atoms with Gasteiger partial charge in [-0.15, -0.1) is 0 Å². The van der Waals surface area contributed by atoms with E-state index in [1.165, 1.54) is 0 Å². The molecule has 1 heterocycles. The zero-order valence-corrected chi connectivity index (χ0v) is 5.76. The molecule has 0 fully saturated rings. The summed E-state index contributed by atoms with van der Waals surface area (Å²) in [5.74, 6) is 0. The topological polar surface area (TPSA) is 74.0 Å². The summed E-state index contributed by atoms with van der Waals surface area (Å²) >= 11 is 0.351. The highest BCUT2D eigenvalue weighted by Crippen LogP contribution is 1.85. The number of nitrogens with one attached hydrogen (secondary N) is 1. The third-order valence-corrected chi connectivity index (χ3v) is 1.56. The molecule has 0 spiro atoms. The van der Waals surface area contributed by atoms with Crippen molar-refractivity contribution in [3.05, 3.63) is 0 Å². The molecule has 0 unspecified atom stereocenters. The van der Waals surface area contributed by atoms with Crippen LogP contribution in [0.25, 0.3) is 0 Å². The fraction of sp³-hybridized carbons (Fsp3) is 0.250. The maximum Gasteiger partial charge on any atom is 0.123 e. The fourth-order valence-electron chi connectivity index (χ4n) is 0.577. The van der Waals surface area contributed by atoms with Gasteiger partial charge in [0, 0.05) is 0 Å². The van der Waals surface area contributed by atoms with Crippen LogP contribution in [0.5, 0.6) is 0 Å². The van der Waals surface area contributed by atoms with Crippen molar-refractivity contribution in [2.24, 2.45) is 10.3 Å². The van der Waals surface area contributed by atoms with E-state index >= 15 is 0 Å². The number of rotatable bonds is 1. The summed E-state index contributed by atoms with van der Waals surface area (Å²) in [6.45, 7) is 0.426. The van der Waals surface area contributed by atoms with Crippen LogP contribution in [0.3, 0.4) is 0 Å². The molecule has 1 aliphatic heterocycles. The van der Waals surface area contributed by atoms with Crippen LogP contribution in [0.4, 0.5) is 0 Å². The first kappa shape index (κ1) is 6.94. The lowest BCUT2D eigenvalue weighted by molar-refractivity contribution is 0.322. The molecule has 2 N–H and O–H groups in total. The van der Waals surface area contributed by atoms with Gasteiger partial charge in [0.05, 0.1) is 28.9 Å². The van der Waals surface area contributed by atoms with E-state index in [1.807, 2.05) is 0 Å². The van der Waals surface area contributed by atoms with Gasteiger partial charge >= 0.3 is 0 Å². The van der Waals surface area contributed by atoms with E-state index in [9.17, 15) is 4.21 Å². The summed E-state index contributed by atoms with van der Waals surface area (Å²) in [5, 5.41) is 14.5. The molecule has 0 aromatic rings. The second-order valence-corrected chi connectivity index (χ2v) is 2.24. The second kappa shape index (κ2) is 3.11. The predicted molar refractivity (Wildman–Crippen MR) is 38.9 cm³/mol. The molecule has 0 saturated heterocycles. The number of oxime groups is 1. The molecule has 5 nitrogen and oxygen atoms in total. The Hall–Kier alpha value is -1.17. The summed E-state index contributed by atoms with van der Waals surface area (Å²) in [5.41, 5.74) is 2.99. The molecule has 0 aromatic carbocycles. The lowest BCUT2D eigenvalue weighted by Gasteiger charge is -1.82. The SMILES string of the molecule is O=S=C1CNN=C1C=NO. The summed E-state index contributed by atoms with van der Waals surface area (Å²) < 4.78 is 10.2. The monoisotopic (exact) mass is 159 g/mol. The first-order valence-corrected chi connectivity index (χ1v) is 3.26. The van der Waals surface area contributed by atoms with Crippen LogP contribution in [0.1, 0.15) is 0 Å². The van der Waals surface area contributed by atoms with E-state index in [1.54, 1.807) is 0 Å². The summed E-state index contributed by atoms with van der Waals surface area (Å²) in [6.07, 6.45) is 1.13. The molecule has 0 aromatic heterocycles. The van der Waals surface area contributed by atoms with Gasteiger partial charge in [0.25, 0.3) is 0 Å². The van der Waals surface area contributed by atoms with E-state index in [0.717, 1.165) is 6.21 Å². The first-order valence-electron chi connectivity index (χ1n) is 2.52. The van der Waals surface area contributed by atoms with E-state index in [4.69, 9.17) is 5.21 Å².